The van der Waals surface area contributed by atoms with Crippen LogP contribution < -0.4 is 5.32 Å². The Bertz CT molecular complexity index is 604. The molecule has 1 aromatic carbocycles. The van der Waals surface area contributed by atoms with Gasteiger partial charge in [0.15, 0.2) is 11.6 Å². The maximum absolute atomic E-state index is 13.0. The molecule has 0 aliphatic carbocycles. The van der Waals surface area contributed by atoms with Gasteiger partial charge in [-0.15, -0.1) is 11.8 Å². The summed E-state index contributed by atoms with van der Waals surface area (Å²) in [5.41, 5.74) is 0. The largest absolute Gasteiger partial charge is 0.467 e. The number of rotatable bonds is 6. The average Bonchev–Trinajstić information content (AvgIpc) is 3.00. The minimum absolute atomic E-state index is 0.0162. The highest BCUT2D eigenvalue weighted by Gasteiger charge is 2.16. The van der Waals surface area contributed by atoms with Crippen molar-refractivity contribution in [3.8, 4) is 0 Å². The Morgan fingerprint density at radius 1 is 1.33 bits per heavy atom. The van der Waals surface area contributed by atoms with E-state index in [2.05, 4.69) is 5.32 Å². The smallest absolute Gasteiger partial charge is 0.231 e. The molecule has 7 heteroatoms. The molecule has 4 nitrogen and oxygen atoms in total. The predicted molar refractivity (Wildman–Crippen MR) is 73.8 cm³/mol. The summed E-state index contributed by atoms with van der Waals surface area (Å²) in [5, 5.41) is 11.8. The van der Waals surface area contributed by atoms with Gasteiger partial charge in [0.2, 0.25) is 5.91 Å². The van der Waals surface area contributed by atoms with Crippen LogP contribution in [0.2, 0.25) is 0 Å². The average molecular weight is 313 g/mol. The van der Waals surface area contributed by atoms with E-state index < -0.39 is 17.7 Å². The molecule has 1 heterocycles. The van der Waals surface area contributed by atoms with Crippen LogP contribution in [-0.2, 0) is 4.79 Å². The summed E-state index contributed by atoms with van der Waals surface area (Å²) >= 11 is 1.07. The lowest BCUT2D eigenvalue weighted by molar-refractivity contribution is -0.119. The molecule has 0 saturated heterocycles. The molecule has 1 unspecified atom stereocenters. The van der Waals surface area contributed by atoms with Crippen molar-refractivity contribution in [1.82, 2.24) is 5.32 Å². The number of thioether (sulfide) groups is 1. The Hall–Kier alpha value is -1.86. The molecule has 0 fully saturated rings. The lowest BCUT2D eigenvalue weighted by Gasteiger charge is -2.13. The minimum Gasteiger partial charge on any atom is -0.467 e. The Balaban J connectivity index is 1.88. The van der Waals surface area contributed by atoms with Gasteiger partial charge in [0, 0.05) is 4.90 Å². The third kappa shape index (κ3) is 4.30. The van der Waals surface area contributed by atoms with Gasteiger partial charge in [-0.2, -0.15) is 0 Å². The number of hydrogen-bond acceptors (Lipinski definition) is 4. The van der Waals surface area contributed by atoms with E-state index in [0.29, 0.717) is 10.7 Å². The number of nitrogens with one attached hydrogen (secondary N) is 1. The molecular weight excluding hydrogens is 300 g/mol. The molecule has 2 aromatic rings. The van der Waals surface area contributed by atoms with Crippen LogP contribution in [0.25, 0.3) is 0 Å². The zero-order chi connectivity index (χ0) is 15.2. The molecule has 0 aliphatic rings. The summed E-state index contributed by atoms with van der Waals surface area (Å²) in [6.07, 6.45) is 1.44. The van der Waals surface area contributed by atoms with Crippen molar-refractivity contribution in [1.29, 1.82) is 0 Å². The van der Waals surface area contributed by atoms with Crippen molar-refractivity contribution in [2.45, 2.75) is 10.9 Å². The number of hydrogen-bond donors (Lipinski definition) is 2. The van der Waals surface area contributed by atoms with Gasteiger partial charge in [0.25, 0.3) is 0 Å². The van der Waals surface area contributed by atoms with Crippen molar-refractivity contribution in [2.75, 3.05) is 12.4 Å². The summed E-state index contributed by atoms with van der Waals surface area (Å²) in [5.74, 6) is -1.77. The molecule has 0 bridgehead atoms. The molecule has 21 heavy (non-hydrogen) atoms. The van der Waals surface area contributed by atoms with Gasteiger partial charge in [-0.3, -0.25) is 4.79 Å². The van der Waals surface area contributed by atoms with Crippen LogP contribution in [0, 0.1) is 11.6 Å². The number of carbonyl (C=O) groups is 1. The summed E-state index contributed by atoms with van der Waals surface area (Å²) in [6, 6.07) is 6.10. The van der Waals surface area contributed by atoms with E-state index in [9.17, 15) is 18.7 Å². The van der Waals surface area contributed by atoms with E-state index in [4.69, 9.17) is 4.42 Å². The number of aliphatic hydroxyl groups is 1. The van der Waals surface area contributed by atoms with E-state index in [-0.39, 0.29) is 18.3 Å². The summed E-state index contributed by atoms with van der Waals surface area (Å²) < 4.78 is 30.9. The Labute approximate surface area is 124 Å². The molecule has 1 amide bonds. The fraction of sp³-hybridized carbons (Fsp3) is 0.214. The Morgan fingerprint density at radius 2 is 2.14 bits per heavy atom. The van der Waals surface area contributed by atoms with Crippen LogP contribution in [0.4, 0.5) is 8.78 Å². The van der Waals surface area contributed by atoms with E-state index in [0.717, 1.165) is 23.9 Å². The highest BCUT2D eigenvalue weighted by molar-refractivity contribution is 8.00. The minimum atomic E-state index is -0.954. The topological polar surface area (TPSA) is 62.5 Å². The van der Waals surface area contributed by atoms with Crippen LogP contribution in [-0.4, -0.2) is 23.4 Å². The van der Waals surface area contributed by atoms with Gasteiger partial charge in [-0.05, 0) is 30.3 Å². The molecular formula is C14H13F2NO3S. The summed E-state index contributed by atoms with van der Waals surface area (Å²) in [7, 11) is 0. The lowest BCUT2D eigenvalue weighted by Crippen LogP contribution is -2.31. The quantitative estimate of drug-likeness (QED) is 0.804. The number of benzene rings is 1. The van der Waals surface area contributed by atoms with Crippen molar-refractivity contribution < 1.29 is 23.1 Å². The summed E-state index contributed by atoms with van der Waals surface area (Å²) in [4.78, 5) is 12.2. The fourth-order valence-corrected chi connectivity index (χ4v) is 2.38. The van der Waals surface area contributed by atoms with E-state index in [1.54, 1.807) is 12.1 Å². The van der Waals surface area contributed by atoms with Gasteiger partial charge < -0.3 is 14.8 Å². The molecule has 0 aliphatic heterocycles. The van der Waals surface area contributed by atoms with Crippen molar-refractivity contribution in [2.24, 2.45) is 0 Å². The van der Waals surface area contributed by atoms with Gasteiger partial charge in [-0.1, -0.05) is 0 Å². The van der Waals surface area contributed by atoms with Crippen LogP contribution in [0.15, 0.2) is 45.9 Å². The van der Waals surface area contributed by atoms with Crippen molar-refractivity contribution in [3.63, 3.8) is 0 Å². The predicted octanol–water partition coefficient (Wildman–Crippen LogP) is 2.50. The third-order valence-electron chi connectivity index (χ3n) is 2.67. The van der Waals surface area contributed by atoms with Crippen LogP contribution in [0.5, 0.6) is 0 Å². The van der Waals surface area contributed by atoms with E-state index >= 15 is 0 Å². The highest BCUT2D eigenvalue weighted by Crippen LogP contribution is 2.20. The number of amides is 1. The van der Waals surface area contributed by atoms with Gasteiger partial charge >= 0.3 is 0 Å². The second kappa shape index (κ2) is 7.24. The molecule has 112 valence electrons. The number of halogens is 2. The first-order valence-corrected chi connectivity index (χ1v) is 7.10. The second-order valence-corrected chi connectivity index (χ2v) is 5.23. The molecule has 1 aromatic heterocycles. The maximum Gasteiger partial charge on any atom is 0.231 e. The molecule has 0 radical (unpaired) electrons. The maximum atomic E-state index is 13.0. The third-order valence-corrected chi connectivity index (χ3v) is 3.66. The molecule has 2 N–H and O–H groups in total. The van der Waals surface area contributed by atoms with Gasteiger partial charge in [0.1, 0.15) is 11.8 Å². The van der Waals surface area contributed by atoms with Crippen LogP contribution in [0.1, 0.15) is 11.8 Å². The van der Waals surface area contributed by atoms with E-state index in [1.807, 2.05) is 0 Å². The molecule has 0 saturated carbocycles. The van der Waals surface area contributed by atoms with Crippen molar-refractivity contribution >= 4 is 17.7 Å². The standard InChI is InChI=1S/C14H13F2NO3S/c15-10-4-3-9(6-11(10)16)21-8-14(19)17-12(7-18)13-2-1-5-20-13/h1-6,12,18H,7-8H2,(H,17,19). The first kappa shape index (κ1) is 15.5. The number of carbonyl (C=O) groups excluding carboxylic acids is 1. The first-order valence-electron chi connectivity index (χ1n) is 6.11. The zero-order valence-electron chi connectivity index (χ0n) is 10.9. The monoisotopic (exact) mass is 313 g/mol. The number of aliphatic hydroxyl groups excluding tert-OH is 1. The van der Waals surface area contributed by atoms with E-state index in [1.165, 1.54) is 12.3 Å². The Morgan fingerprint density at radius 3 is 2.76 bits per heavy atom. The number of furan rings is 1. The molecule has 1 atom stereocenters. The highest BCUT2D eigenvalue weighted by atomic mass is 32.2. The van der Waals surface area contributed by atoms with Crippen LogP contribution in [0.3, 0.4) is 0 Å². The SMILES string of the molecule is O=C(CSc1ccc(F)c(F)c1)NC(CO)c1ccco1. The fourth-order valence-electron chi connectivity index (χ4n) is 1.65. The van der Waals surface area contributed by atoms with Gasteiger partial charge in [-0.25, -0.2) is 8.78 Å². The van der Waals surface area contributed by atoms with Crippen molar-refractivity contribution in [3.05, 3.63) is 54.0 Å². The lowest BCUT2D eigenvalue weighted by atomic mass is 10.2. The molecule has 2 rings (SSSR count). The van der Waals surface area contributed by atoms with Crippen LogP contribution >= 0.6 is 11.8 Å². The van der Waals surface area contributed by atoms with Gasteiger partial charge in [0.05, 0.1) is 18.6 Å². The zero-order valence-corrected chi connectivity index (χ0v) is 11.7. The molecule has 0 spiro atoms. The summed E-state index contributed by atoms with van der Waals surface area (Å²) in [6.45, 7) is -0.297. The Kier molecular flexibility index (Phi) is 5.35. The normalized spacial score (nSPS) is 12.1. The second-order valence-electron chi connectivity index (χ2n) is 4.18. The first-order chi connectivity index (χ1) is 10.1.